The van der Waals surface area contributed by atoms with Gasteiger partial charge in [-0.1, -0.05) is 11.6 Å². The number of halogens is 1. The summed E-state index contributed by atoms with van der Waals surface area (Å²) in [5.41, 5.74) is 3.30. The van der Waals surface area contributed by atoms with E-state index < -0.39 is 0 Å². The molecule has 0 spiro atoms. The SMILES string of the molecule is Cc1cc2c(n1Cc1ccc(Cl)s1)CCCC2=O. The van der Waals surface area contributed by atoms with Crippen LogP contribution in [0.15, 0.2) is 18.2 Å². The maximum atomic E-state index is 11.9. The number of Topliss-reactive ketones (excluding diaryl/α,β-unsaturated/α-hetero) is 1. The normalized spacial score (nSPS) is 14.9. The maximum absolute atomic E-state index is 11.9. The molecule has 0 radical (unpaired) electrons. The molecule has 3 rings (SSSR count). The highest BCUT2D eigenvalue weighted by Crippen LogP contribution is 2.28. The standard InChI is InChI=1S/C14H14ClNOS/c1-9-7-11-12(3-2-4-13(11)17)16(9)8-10-5-6-14(15)18-10/h5-7H,2-4,8H2,1H3. The van der Waals surface area contributed by atoms with Gasteiger partial charge in [0.15, 0.2) is 5.78 Å². The second-order valence-corrected chi connectivity index (χ2v) is 6.51. The highest BCUT2D eigenvalue weighted by atomic mass is 35.5. The predicted octanol–water partition coefficient (Wildman–Crippen LogP) is 4.08. The molecule has 0 unspecified atom stereocenters. The van der Waals surface area contributed by atoms with E-state index in [2.05, 4.69) is 17.6 Å². The first kappa shape index (κ1) is 12.0. The van der Waals surface area contributed by atoms with Crippen LogP contribution in [0, 0.1) is 6.92 Å². The molecule has 4 heteroatoms. The average Bonchev–Trinajstić information content (AvgIpc) is 2.87. The van der Waals surface area contributed by atoms with E-state index in [0.717, 1.165) is 29.3 Å². The second kappa shape index (κ2) is 4.56. The zero-order valence-electron chi connectivity index (χ0n) is 10.2. The Balaban J connectivity index is 1.99. The van der Waals surface area contributed by atoms with Gasteiger partial charge >= 0.3 is 0 Å². The fourth-order valence-electron chi connectivity index (χ4n) is 2.60. The minimum atomic E-state index is 0.294. The zero-order valence-corrected chi connectivity index (χ0v) is 11.8. The van der Waals surface area contributed by atoms with Crippen molar-refractivity contribution in [2.45, 2.75) is 32.7 Å². The number of aromatic nitrogens is 1. The van der Waals surface area contributed by atoms with Crippen LogP contribution < -0.4 is 0 Å². The molecule has 0 saturated carbocycles. The number of hydrogen-bond donors (Lipinski definition) is 0. The van der Waals surface area contributed by atoms with E-state index in [1.54, 1.807) is 11.3 Å². The number of rotatable bonds is 2. The number of carbonyl (C=O) groups excluding carboxylic acids is 1. The van der Waals surface area contributed by atoms with Gasteiger partial charge in [0.2, 0.25) is 0 Å². The predicted molar refractivity (Wildman–Crippen MR) is 74.9 cm³/mol. The summed E-state index contributed by atoms with van der Waals surface area (Å²) in [6.07, 6.45) is 2.68. The quantitative estimate of drug-likeness (QED) is 0.812. The van der Waals surface area contributed by atoms with Crippen molar-refractivity contribution >= 4 is 28.7 Å². The lowest BCUT2D eigenvalue weighted by atomic mass is 9.97. The zero-order chi connectivity index (χ0) is 12.7. The van der Waals surface area contributed by atoms with Gasteiger partial charge < -0.3 is 4.57 Å². The van der Waals surface area contributed by atoms with E-state index in [9.17, 15) is 4.79 Å². The van der Waals surface area contributed by atoms with Crippen LogP contribution in [-0.4, -0.2) is 10.4 Å². The Labute approximate surface area is 115 Å². The Morgan fingerprint density at radius 1 is 1.39 bits per heavy atom. The molecule has 2 aromatic rings. The summed E-state index contributed by atoms with van der Waals surface area (Å²) in [6, 6.07) is 6.02. The molecule has 0 bridgehead atoms. The number of carbonyl (C=O) groups is 1. The van der Waals surface area contributed by atoms with Crippen LogP contribution >= 0.6 is 22.9 Å². The van der Waals surface area contributed by atoms with Gasteiger partial charge in [0, 0.05) is 28.2 Å². The van der Waals surface area contributed by atoms with Crippen molar-refractivity contribution in [2.75, 3.05) is 0 Å². The molecule has 0 saturated heterocycles. The molecule has 0 N–H and O–H groups in total. The molecule has 2 aromatic heterocycles. The minimum Gasteiger partial charge on any atom is -0.343 e. The monoisotopic (exact) mass is 279 g/mol. The summed E-state index contributed by atoms with van der Waals surface area (Å²) >= 11 is 7.57. The minimum absolute atomic E-state index is 0.294. The third kappa shape index (κ3) is 2.02. The van der Waals surface area contributed by atoms with Crippen molar-refractivity contribution in [1.29, 1.82) is 0 Å². The number of hydrogen-bond acceptors (Lipinski definition) is 2. The lowest BCUT2D eigenvalue weighted by Gasteiger charge is -2.15. The maximum Gasteiger partial charge on any atom is 0.164 e. The Morgan fingerprint density at radius 3 is 2.94 bits per heavy atom. The van der Waals surface area contributed by atoms with Gasteiger partial charge in [-0.2, -0.15) is 0 Å². The van der Waals surface area contributed by atoms with Crippen molar-refractivity contribution in [3.05, 3.63) is 44.4 Å². The Bertz CT molecular complexity index is 611. The number of ketones is 1. The summed E-state index contributed by atoms with van der Waals surface area (Å²) in [5.74, 6) is 0.294. The number of fused-ring (bicyclic) bond motifs is 1. The van der Waals surface area contributed by atoms with Gasteiger partial charge in [-0.05, 0) is 38.0 Å². The van der Waals surface area contributed by atoms with Crippen molar-refractivity contribution in [2.24, 2.45) is 0 Å². The van der Waals surface area contributed by atoms with Crippen LogP contribution in [-0.2, 0) is 13.0 Å². The Hall–Kier alpha value is -1.06. The summed E-state index contributed by atoms with van der Waals surface area (Å²) in [6.45, 7) is 2.90. The largest absolute Gasteiger partial charge is 0.343 e. The van der Waals surface area contributed by atoms with E-state index >= 15 is 0 Å². The highest BCUT2D eigenvalue weighted by molar-refractivity contribution is 7.16. The lowest BCUT2D eigenvalue weighted by Crippen LogP contribution is -2.13. The van der Waals surface area contributed by atoms with Gasteiger partial charge in [0.05, 0.1) is 10.9 Å². The van der Waals surface area contributed by atoms with Gasteiger partial charge in [0.25, 0.3) is 0 Å². The summed E-state index contributed by atoms with van der Waals surface area (Å²) in [5, 5.41) is 0. The van der Waals surface area contributed by atoms with E-state index in [1.165, 1.54) is 16.3 Å². The number of nitrogens with zero attached hydrogens (tertiary/aromatic N) is 1. The Morgan fingerprint density at radius 2 is 2.22 bits per heavy atom. The van der Waals surface area contributed by atoms with Crippen LogP contribution in [0.25, 0.3) is 0 Å². The van der Waals surface area contributed by atoms with Crippen molar-refractivity contribution in [3.63, 3.8) is 0 Å². The summed E-state index contributed by atoms with van der Waals surface area (Å²) in [7, 11) is 0. The summed E-state index contributed by atoms with van der Waals surface area (Å²) < 4.78 is 3.08. The Kier molecular flexibility index (Phi) is 3.04. The van der Waals surface area contributed by atoms with E-state index in [1.807, 2.05) is 12.1 Å². The van der Waals surface area contributed by atoms with Crippen LogP contribution in [0.1, 0.15) is 39.5 Å². The molecule has 2 heterocycles. The van der Waals surface area contributed by atoms with Gasteiger partial charge in [-0.15, -0.1) is 11.3 Å². The first-order chi connectivity index (χ1) is 8.65. The molecule has 2 nitrogen and oxygen atoms in total. The number of aryl methyl sites for hydroxylation is 1. The van der Waals surface area contributed by atoms with Crippen molar-refractivity contribution in [3.8, 4) is 0 Å². The third-order valence-electron chi connectivity index (χ3n) is 3.48. The van der Waals surface area contributed by atoms with Crippen molar-refractivity contribution < 1.29 is 4.79 Å². The molecule has 94 valence electrons. The van der Waals surface area contributed by atoms with Gasteiger partial charge in [0.1, 0.15) is 0 Å². The molecular weight excluding hydrogens is 266 g/mol. The number of thiophene rings is 1. The smallest absolute Gasteiger partial charge is 0.164 e. The fraction of sp³-hybridized carbons (Fsp3) is 0.357. The molecule has 18 heavy (non-hydrogen) atoms. The highest BCUT2D eigenvalue weighted by Gasteiger charge is 2.22. The molecule has 0 amide bonds. The second-order valence-electron chi connectivity index (χ2n) is 4.71. The molecular formula is C14H14ClNOS. The topological polar surface area (TPSA) is 22.0 Å². The van der Waals surface area contributed by atoms with E-state index in [0.29, 0.717) is 12.2 Å². The molecule has 1 aliphatic rings. The third-order valence-corrected chi connectivity index (χ3v) is 4.69. The molecule has 0 aliphatic heterocycles. The van der Waals surface area contributed by atoms with Crippen LogP contribution in [0.5, 0.6) is 0 Å². The van der Waals surface area contributed by atoms with Gasteiger partial charge in [-0.3, -0.25) is 4.79 Å². The fourth-order valence-corrected chi connectivity index (χ4v) is 3.68. The van der Waals surface area contributed by atoms with Gasteiger partial charge in [-0.25, -0.2) is 0 Å². The average molecular weight is 280 g/mol. The molecule has 0 fully saturated rings. The first-order valence-corrected chi connectivity index (χ1v) is 7.31. The summed E-state index contributed by atoms with van der Waals surface area (Å²) in [4.78, 5) is 13.1. The molecule has 1 aliphatic carbocycles. The molecule has 0 aromatic carbocycles. The molecule has 0 atom stereocenters. The van der Waals surface area contributed by atoms with E-state index in [-0.39, 0.29) is 0 Å². The van der Waals surface area contributed by atoms with Crippen LogP contribution in [0.4, 0.5) is 0 Å². The van der Waals surface area contributed by atoms with E-state index in [4.69, 9.17) is 11.6 Å². The van der Waals surface area contributed by atoms with Crippen LogP contribution in [0.3, 0.4) is 0 Å². The first-order valence-electron chi connectivity index (χ1n) is 6.11. The lowest BCUT2D eigenvalue weighted by molar-refractivity contribution is 0.0972. The van der Waals surface area contributed by atoms with Crippen molar-refractivity contribution in [1.82, 2.24) is 4.57 Å². The van der Waals surface area contributed by atoms with Crippen LogP contribution in [0.2, 0.25) is 4.34 Å².